The summed E-state index contributed by atoms with van der Waals surface area (Å²) in [5.74, 6) is 1.31. The molecule has 0 unspecified atom stereocenters. The molecule has 2 rings (SSSR count). The molecule has 0 fully saturated rings. The summed E-state index contributed by atoms with van der Waals surface area (Å²) in [6.45, 7) is 13.1. The number of halogens is 4. The summed E-state index contributed by atoms with van der Waals surface area (Å²) >= 11 is 8.48. The summed E-state index contributed by atoms with van der Waals surface area (Å²) in [6, 6.07) is 17.4. The Morgan fingerprint density at radius 2 is 0.692 bits per heavy atom. The van der Waals surface area contributed by atoms with Crippen molar-refractivity contribution in [1.29, 1.82) is 0 Å². The van der Waals surface area contributed by atoms with Crippen LogP contribution in [0.1, 0.15) is 61.8 Å². The van der Waals surface area contributed by atoms with E-state index in [-0.39, 0.29) is 39.0 Å². The normalized spacial score (nSPS) is 8.46. The van der Waals surface area contributed by atoms with Gasteiger partial charge in [-0.15, -0.1) is 0 Å². The van der Waals surface area contributed by atoms with Crippen LogP contribution in [0, 0.1) is 13.8 Å². The van der Waals surface area contributed by atoms with E-state index in [4.69, 9.17) is 0 Å². The first kappa shape index (κ1) is 36.0. The van der Waals surface area contributed by atoms with E-state index in [1.165, 1.54) is 22.3 Å². The Labute approximate surface area is 233 Å². The fourth-order valence-corrected chi connectivity index (χ4v) is 1.90. The Bertz CT molecular complexity index is 463. The zero-order valence-electron chi connectivity index (χ0n) is 16.0. The molecule has 0 aliphatic rings. The van der Waals surface area contributed by atoms with Gasteiger partial charge < -0.3 is 0 Å². The van der Waals surface area contributed by atoms with Gasteiger partial charge >= 0.3 is 0 Å². The number of hydrogen-bond donors (Lipinski definition) is 0. The molecular weight excluding hydrogens is 950 g/mol. The average Bonchev–Trinajstić information content (AvgIpc) is 2.60. The third-order valence-electron chi connectivity index (χ3n) is 3.49. The van der Waals surface area contributed by atoms with E-state index in [0.29, 0.717) is 11.8 Å². The number of rotatable bonds is 2. The van der Waals surface area contributed by atoms with Gasteiger partial charge in [0.2, 0.25) is 0 Å². The first-order valence-corrected chi connectivity index (χ1v) is 20.4. The monoisotopic (exact) mass is 980 g/mol. The van der Waals surface area contributed by atoms with Crippen LogP contribution in [0.2, 0.25) is 0 Å². The molecule has 0 saturated carbocycles. The summed E-state index contributed by atoms with van der Waals surface area (Å²) in [4.78, 5) is 0. The zero-order valence-corrected chi connectivity index (χ0v) is 28.1. The summed E-state index contributed by atoms with van der Waals surface area (Å²) in [7, 11) is 0. The molecule has 0 radical (unpaired) electrons. The van der Waals surface area contributed by atoms with Gasteiger partial charge in [0, 0.05) is 113 Å². The van der Waals surface area contributed by atoms with Crippen LogP contribution in [-0.2, 0) is 39.0 Å². The molecule has 2 aromatic carbocycles. The van der Waals surface area contributed by atoms with Gasteiger partial charge in [-0.2, -0.15) is 0 Å². The fraction of sp³-hybridized carbons (Fsp3) is 0.400. The molecule has 0 spiro atoms. The number of aryl methyl sites for hydroxylation is 2. The molecular formula is C20H28I4Ru2. The van der Waals surface area contributed by atoms with E-state index in [9.17, 15) is 0 Å². The molecule has 0 aromatic heterocycles. The smallest absolute Gasteiger partial charge is 0 e. The maximum atomic E-state index is 2.21. The number of benzene rings is 2. The first-order valence-electron chi connectivity index (χ1n) is 7.82. The van der Waals surface area contributed by atoms with Gasteiger partial charge in [-0.1, -0.05) is 87.4 Å². The van der Waals surface area contributed by atoms with Gasteiger partial charge in [-0.25, -0.2) is 0 Å². The number of hydrogen-bond acceptors (Lipinski definition) is 0. The maximum Gasteiger partial charge on any atom is 0 e. The van der Waals surface area contributed by atoms with E-state index in [1.807, 2.05) is 0 Å². The van der Waals surface area contributed by atoms with Crippen LogP contribution in [0.3, 0.4) is 0 Å². The van der Waals surface area contributed by atoms with Crippen LogP contribution in [-0.4, -0.2) is 0 Å². The van der Waals surface area contributed by atoms with Crippen molar-refractivity contribution in [3.63, 3.8) is 0 Å². The van der Waals surface area contributed by atoms with E-state index in [0.717, 1.165) is 0 Å². The van der Waals surface area contributed by atoms with Gasteiger partial charge in [-0.05, 0) is 36.8 Å². The van der Waals surface area contributed by atoms with Crippen LogP contribution < -0.4 is 0 Å². The largest absolute Gasteiger partial charge is 0.0590 e. The first-order chi connectivity index (χ1) is 11.4. The van der Waals surface area contributed by atoms with E-state index < -0.39 is 0 Å². The maximum absolute atomic E-state index is 2.21. The standard InChI is InChI=1S/2C10H14.2I2.2Ru/c2*1-8(2)10-6-4-9(3)5-7-10;2*1-2;;/h2*4-8H,1-3H3;;;;. The molecule has 0 N–H and O–H groups in total. The van der Waals surface area contributed by atoms with Gasteiger partial charge in [0.25, 0.3) is 0 Å². The summed E-state index contributed by atoms with van der Waals surface area (Å²) in [6.07, 6.45) is 0. The Morgan fingerprint density at radius 3 is 0.846 bits per heavy atom. The van der Waals surface area contributed by atoms with Crippen molar-refractivity contribution in [3.05, 3.63) is 70.8 Å². The van der Waals surface area contributed by atoms with Crippen molar-refractivity contribution in [2.45, 2.75) is 53.4 Å². The van der Waals surface area contributed by atoms with Gasteiger partial charge in [0.1, 0.15) is 0 Å². The summed E-state index contributed by atoms with van der Waals surface area (Å²) in [5, 5.41) is 0. The Kier molecular flexibility index (Phi) is 33.1. The molecule has 0 aliphatic heterocycles. The van der Waals surface area contributed by atoms with E-state index in [2.05, 4.69) is 165 Å². The van der Waals surface area contributed by atoms with Crippen molar-refractivity contribution in [3.8, 4) is 0 Å². The summed E-state index contributed by atoms with van der Waals surface area (Å²) < 4.78 is 0. The van der Waals surface area contributed by atoms with Gasteiger partial charge in [0.05, 0.1) is 0 Å². The van der Waals surface area contributed by atoms with Crippen LogP contribution in [0.4, 0.5) is 0 Å². The second-order valence-corrected chi connectivity index (χ2v) is 6.13. The van der Waals surface area contributed by atoms with Gasteiger partial charge in [-0.3, -0.25) is 0 Å². The fourth-order valence-electron chi connectivity index (χ4n) is 1.90. The zero-order chi connectivity index (χ0) is 19.1. The second kappa shape index (κ2) is 23.9. The van der Waals surface area contributed by atoms with Crippen molar-refractivity contribution < 1.29 is 39.0 Å². The Hall–Kier alpha value is 2.61. The molecule has 2 aromatic rings. The van der Waals surface area contributed by atoms with Crippen LogP contribution >= 0.6 is 74.5 Å². The molecule has 0 aliphatic carbocycles. The third-order valence-corrected chi connectivity index (χ3v) is 3.49. The van der Waals surface area contributed by atoms with Gasteiger partial charge in [0.15, 0.2) is 0 Å². The van der Waals surface area contributed by atoms with Crippen molar-refractivity contribution in [2.24, 2.45) is 0 Å². The minimum atomic E-state index is 0. The summed E-state index contributed by atoms with van der Waals surface area (Å²) in [5.41, 5.74) is 5.52. The molecule has 0 nitrogen and oxygen atoms in total. The minimum Gasteiger partial charge on any atom is -0.0590 e. The van der Waals surface area contributed by atoms with E-state index in [1.54, 1.807) is 0 Å². The molecule has 0 atom stereocenters. The average molecular weight is 978 g/mol. The third kappa shape index (κ3) is 18.6. The van der Waals surface area contributed by atoms with Crippen molar-refractivity contribution >= 4 is 74.5 Å². The predicted molar refractivity (Wildman–Crippen MR) is 147 cm³/mol. The quantitative estimate of drug-likeness (QED) is 0.208. The molecule has 0 heterocycles. The molecule has 0 saturated heterocycles. The molecule has 26 heavy (non-hydrogen) atoms. The second-order valence-electron chi connectivity index (χ2n) is 6.13. The molecule has 0 amide bonds. The minimum absolute atomic E-state index is 0. The van der Waals surface area contributed by atoms with E-state index >= 15 is 0 Å². The van der Waals surface area contributed by atoms with Crippen LogP contribution in [0.5, 0.6) is 0 Å². The van der Waals surface area contributed by atoms with Crippen molar-refractivity contribution in [2.75, 3.05) is 0 Å². The Balaban J connectivity index is -0.000000147. The van der Waals surface area contributed by atoms with Crippen LogP contribution in [0.25, 0.3) is 0 Å². The SMILES string of the molecule is Cc1ccc(C(C)C)cc1.Cc1ccc(C(C)C)cc1.II.II.[Ru].[Ru]. The molecule has 152 valence electrons. The topological polar surface area (TPSA) is 0 Å². The molecule has 0 bridgehead atoms. The predicted octanol–water partition coefficient (Wildman–Crippen LogP) is 9.77. The Morgan fingerprint density at radius 1 is 0.500 bits per heavy atom. The van der Waals surface area contributed by atoms with Crippen LogP contribution in [0.15, 0.2) is 48.5 Å². The molecule has 6 heteroatoms. The van der Waals surface area contributed by atoms with Crippen molar-refractivity contribution in [1.82, 2.24) is 0 Å².